The summed E-state index contributed by atoms with van der Waals surface area (Å²) < 4.78 is 9.92. The lowest BCUT2D eigenvalue weighted by Gasteiger charge is -2.28. The van der Waals surface area contributed by atoms with Crippen LogP contribution in [0.4, 0.5) is 5.69 Å². The van der Waals surface area contributed by atoms with Gasteiger partial charge in [-0.05, 0) is 49.8 Å². The number of ether oxygens (including phenoxy) is 2. The highest BCUT2D eigenvalue weighted by Gasteiger charge is 2.34. The average molecular weight is 332 g/mol. The predicted octanol–water partition coefficient (Wildman–Crippen LogP) is 2.34. The van der Waals surface area contributed by atoms with E-state index in [1.807, 2.05) is 0 Å². The lowest BCUT2D eigenvalue weighted by atomic mass is 9.89. The summed E-state index contributed by atoms with van der Waals surface area (Å²) in [6.07, 6.45) is 5.02. The van der Waals surface area contributed by atoms with Crippen LogP contribution in [0.3, 0.4) is 0 Å². The van der Waals surface area contributed by atoms with Crippen LogP contribution in [0, 0.1) is 5.92 Å². The SMILES string of the molecule is COC(=O)c1cc(OC)ccc1NC(=O)CC1CC2CCC(C1)N2. The Morgan fingerprint density at radius 1 is 1.21 bits per heavy atom. The van der Waals surface area contributed by atoms with Crippen LogP contribution in [0.1, 0.15) is 42.5 Å². The smallest absolute Gasteiger partial charge is 0.340 e. The zero-order valence-electron chi connectivity index (χ0n) is 14.1. The topological polar surface area (TPSA) is 76.7 Å². The molecular weight excluding hydrogens is 308 g/mol. The second-order valence-corrected chi connectivity index (χ2v) is 6.63. The number of anilines is 1. The first-order chi connectivity index (χ1) is 11.6. The minimum Gasteiger partial charge on any atom is -0.497 e. The highest BCUT2D eigenvalue weighted by Crippen LogP contribution is 2.33. The molecule has 2 fully saturated rings. The van der Waals surface area contributed by atoms with Crippen LogP contribution in [0.25, 0.3) is 0 Å². The molecule has 1 aromatic carbocycles. The zero-order chi connectivity index (χ0) is 17.1. The molecule has 1 aromatic rings. The van der Waals surface area contributed by atoms with Crippen LogP contribution in [0.5, 0.6) is 5.75 Å². The summed E-state index contributed by atoms with van der Waals surface area (Å²) in [7, 11) is 2.85. The number of fused-ring (bicyclic) bond motifs is 2. The summed E-state index contributed by atoms with van der Waals surface area (Å²) in [6.45, 7) is 0. The molecule has 2 heterocycles. The number of hydrogen-bond acceptors (Lipinski definition) is 5. The van der Waals surface area contributed by atoms with Crippen molar-refractivity contribution < 1.29 is 19.1 Å². The van der Waals surface area contributed by atoms with Gasteiger partial charge in [-0.15, -0.1) is 0 Å². The molecule has 6 nitrogen and oxygen atoms in total. The molecule has 24 heavy (non-hydrogen) atoms. The van der Waals surface area contributed by atoms with E-state index in [2.05, 4.69) is 10.6 Å². The van der Waals surface area contributed by atoms with E-state index in [1.54, 1.807) is 18.2 Å². The lowest BCUT2D eigenvalue weighted by Crippen LogP contribution is -2.39. The standard InChI is InChI=1S/C18H24N2O4/c1-23-14-5-6-16(15(10-14)18(22)24-2)20-17(21)9-11-7-12-3-4-13(8-11)19-12/h5-6,10-13,19H,3-4,7-9H2,1-2H3,(H,20,21). The molecule has 2 aliphatic rings. The molecule has 2 unspecified atom stereocenters. The van der Waals surface area contributed by atoms with E-state index in [0.29, 0.717) is 41.4 Å². The molecule has 3 rings (SSSR count). The van der Waals surface area contributed by atoms with Crippen LogP contribution in [0.15, 0.2) is 18.2 Å². The molecule has 2 bridgehead atoms. The fourth-order valence-corrected chi connectivity index (χ4v) is 3.84. The number of benzene rings is 1. The largest absolute Gasteiger partial charge is 0.497 e. The molecule has 0 spiro atoms. The Morgan fingerprint density at radius 2 is 1.92 bits per heavy atom. The van der Waals surface area contributed by atoms with Gasteiger partial charge in [0, 0.05) is 18.5 Å². The second kappa shape index (κ2) is 7.21. The summed E-state index contributed by atoms with van der Waals surface area (Å²) in [6, 6.07) is 6.09. The molecule has 2 saturated heterocycles. The number of rotatable bonds is 5. The summed E-state index contributed by atoms with van der Waals surface area (Å²) in [5, 5.41) is 6.44. The van der Waals surface area contributed by atoms with E-state index in [-0.39, 0.29) is 5.91 Å². The van der Waals surface area contributed by atoms with Crippen molar-refractivity contribution in [2.24, 2.45) is 5.92 Å². The Hall–Kier alpha value is -2.08. The fraction of sp³-hybridized carbons (Fsp3) is 0.556. The minimum absolute atomic E-state index is 0.0587. The summed E-state index contributed by atoms with van der Waals surface area (Å²) in [5.74, 6) is 0.396. The van der Waals surface area contributed by atoms with E-state index in [1.165, 1.54) is 27.1 Å². The fourth-order valence-electron chi connectivity index (χ4n) is 3.84. The van der Waals surface area contributed by atoms with Gasteiger partial charge >= 0.3 is 5.97 Å². The van der Waals surface area contributed by atoms with Crippen molar-refractivity contribution in [3.05, 3.63) is 23.8 Å². The molecule has 6 heteroatoms. The molecule has 0 aromatic heterocycles. The Morgan fingerprint density at radius 3 is 2.54 bits per heavy atom. The maximum Gasteiger partial charge on any atom is 0.340 e. The van der Waals surface area contributed by atoms with Crippen molar-refractivity contribution in [1.29, 1.82) is 0 Å². The van der Waals surface area contributed by atoms with Crippen molar-refractivity contribution in [2.75, 3.05) is 19.5 Å². The van der Waals surface area contributed by atoms with E-state index >= 15 is 0 Å². The molecule has 0 saturated carbocycles. The van der Waals surface area contributed by atoms with Crippen molar-refractivity contribution >= 4 is 17.6 Å². The molecule has 1 amide bonds. The maximum absolute atomic E-state index is 12.4. The van der Waals surface area contributed by atoms with Crippen LogP contribution < -0.4 is 15.4 Å². The Kier molecular flexibility index (Phi) is 5.04. The molecule has 0 aliphatic carbocycles. The molecule has 2 aliphatic heterocycles. The average Bonchev–Trinajstić information content (AvgIpc) is 2.93. The van der Waals surface area contributed by atoms with Gasteiger partial charge < -0.3 is 20.1 Å². The number of nitrogens with one attached hydrogen (secondary N) is 2. The van der Waals surface area contributed by atoms with Gasteiger partial charge in [-0.1, -0.05) is 0 Å². The molecular formula is C18H24N2O4. The Balaban J connectivity index is 1.66. The highest BCUT2D eigenvalue weighted by atomic mass is 16.5. The quantitative estimate of drug-likeness (QED) is 0.810. The van der Waals surface area contributed by atoms with Crippen LogP contribution >= 0.6 is 0 Å². The van der Waals surface area contributed by atoms with E-state index in [0.717, 1.165) is 12.8 Å². The van der Waals surface area contributed by atoms with Gasteiger partial charge in [-0.2, -0.15) is 0 Å². The first-order valence-corrected chi connectivity index (χ1v) is 8.41. The number of hydrogen-bond donors (Lipinski definition) is 2. The third kappa shape index (κ3) is 3.70. The minimum atomic E-state index is -0.496. The second-order valence-electron chi connectivity index (χ2n) is 6.63. The van der Waals surface area contributed by atoms with Crippen molar-refractivity contribution in [3.8, 4) is 5.75 Å². The monoisotopic (exact) mass is 332 g/mol. The number of methoxy groups -OCH3 is 2. The maximum atomic E-state index is 12.4. The van der Waals surface area contributed by atoms with Gasteiger partial charge in [0.15, 0.2) is 0 Å². The van der Waals surface area contributed by atoms with Crippen molar-refractivity contribution in [2.45, 2.75) is 44.2 Å². The lowest BCUT2D eigenvalue weighted by molar-refractivity contribution is -0.117. The Bertz CT molecular complexity index is 619. The number of carbonyl (C=O) groups excluding carboxylic acids is 2. The van der Waals surface area contributed by atoms with E-state index < -0.39 is 5.97 Å². The van der Waals surface area contributed by atoms with Crippen molar-refractivity contribution in [3.63, 3.8) is 0 Å². The van der Waals surface area contributed by atoms with Gasteiger partial charge in [0.05, 0.1) is 25.5 Å². The normalized spacial score (nSPS) is 25.2. The molecule has 130 valence electrons. The van der Waals surface area contributed by atoms with E-state index in [9.17, 15) is 9.59 Å². The first-order valence-electron chi connectivity index (χ1n) is 8.41. The van der Waals surface area contributed by atoms with Crippen LogP contribution in [-0.2, 0) is 9.53 Å². The van der Waals surface area contributed by atoms with Gasteiger partial charge in [-0.3, -0.25) is 4.79 Å². The van der Waals surface area contributed by atoms with Crippen LogP contribution in [0.2, 0.25) is 0 Å². The van der Waals surface area contributed by atoms with Crippen LogP contribution in [-0.4, -0.2) is 38.2 Å². The van der Waals surface area contributed by atoms with E-state index in [4.69, 9.17) is 9.47 Å². The molecule has 2 N–H and O–H groups in total. The Labute approximate surface area is 141 Å². The number of esters is 1. The molecule has 0 radical (unpaired) electrons. The van der Waals surface area contributed by atoms with Gasteiger partial charge in [-0.25, -0.2) is 4.79 Å². The number of carbonyl (C=O) groups is 2. The van der Waals surface area contributed by atoms with Crippen molar-refractivity contribution in [1.82, 2.24) is 5.32 Å². The molecule has 2 atom stereocenters. The third-order valence-electron chi connectivity index (χ3n) is 4.95. The summed E-state index contributed by atoms with van der Waals surface area (Å²) >= 11 is 0. The number of amides is 1. The predicted molar refractivity (Wildman–Crippen MR) is 90.2 cm³/mol. The first kappa shape index (κ1) is 16.8. The summed E-state index contributed by atoms with van der Waals surface area (Å²) in [5.41, 5.74) is 0.764. The highest BCUT2D eigenvalue weighted by molar-refractivity contribution is 6.01. The summed E-state index contributed by atoms with van der Waals surface area (Å²) in [4.78, 5) is 24.3. The zero-order valence-corrected chi connectivity index (χ0v) is 14.1. The van der Waals surface area contributed by atoms with Gasteiger partial charge in [0.1, 0.15) is 5.75 Å². The van der Waals surface area contributed by atoms with Gasteiger partial charge in [0.2, 0.25) is 5.91 Å². The van der Waals surface area contributed by atoms with Gasteiger partial charge in [0.25, 0.3) is 0 Å². The third-order valence-corrected chi connectivity index (χ3v) is 4.95. The number of piperidine rings is 1.